The lowest BCUT2D eigenvalue weighted by Gasteiger charge is -2.05. The van der Waals surface area contributed by atoms with Crippen LogP contribution in [0.2, 0.25) is 0 Å². The van der Waals surface area contributed by atoms with Gasteiger partial charge < -0.3 is 5.11 Å². The molecule has 1 rings (SSSR count). The van der Waals surface area contributed by atoms with Gasteiger partial charge in [-0.15, -0.1) is 11.6 Å². The van der Waals surface area contributed by atoms with Crippen molar-refractivity contribution in [3.8, 4) is 0 Å². The Hall–Kier alpha value is -0.0500. The van der Waals surface area contributed by atoms with Crippen molar-refractivity contribution in [2.45, 2.75) is 6.10 Å². The molecule has 1 unspecified atom stereocenters. The molecule has 0 bridgehead atoms. The van der Waals surface area contributed by atoms with Crippen molar-refractivity contribution < 1.29 is 5.11 Å². The summed E-state index contributed by atoms with van der Waals surface area (Å²) >= 11 is 8.77. The Bertz CT molecular complexity index is 222. The predicted molar refractivity (Wildman–Crippen MR) is 49.8 cm³/mol. The van der Waals surface area contributed by atoms with E-state index in [0.717, 1.165) is 10.0 Å². The van der Waals surface area contributed by atoms with Crippen molar-refractivity contribution in [3.63, 3.8) is 0 Å². The lowest BCUT2D eigenvalue weighted by atomic mass is 10.1. The standard InChI is InChI=1S/C8H8BrClO/c9-7-3-1-6(2-4-7)8(11)5-10/h1-4,8,11H,5H2. The molecule has 0 aliphatic carbocycles. The first-order chi connectivity index (χ1) is 5.24. The summed E-state index contributed by atoms with van der Waals surface area (Å²) in [5.74, 6) is 0.238. The van der Waals surface area contributed by atoms with E-state index in [1.807, 2.05) is 24.3 Å². The molecule has 0 saturated heterocycles. The molecule has 1 nitrogen and oxygen atoms in total. The zero-order chi connectivity index (χ0) is 8.27. The topological polar surface area (TPSA) is 20.2 Å². The fourth-order valence-electron chi connectivity index (χ4n) is 0.774. The molecule has 3 heteroatoms. The summed E-state index contributed by atoms with van der Waals surface area (Å²) in [5.41, 5.74) is 0.850. The average Bonchev–Trinajstić information content (AvgIpc) is 2.05. The molecule has 0 aliphatic rings. The number of halogens is 2. The number of alkyl halides is 1. The zero-order valence-corrected chi connectivity index (χ0v) is 8.14. The highest BCUT2D eigenvalue weighted by Gasteiger charge is 2.03. The maximum Gasteiger partial charge on any atom is 0.0925 e. The maximum atomic E-state index is 9.27. The number of hydrogen-bond donors (Lipinski definition) is 1. The second-order valence-corrected chi connectivity index (χ2v) is 3.45. The van der Waals surface area contributed by atoms with E-state index in [1.54, 1.807) is 0 Å². The van der Waals surface area contributed by atoms with Crippen LogP contribution in [0, 0.1) is 0 Å². The summed E-state index contributed by atoms with van der Waals surface area (Å²) in [6.07, 6.45) is -0.551. The van der Waals surface area contributed by atoms with Gasteiger partial charge in [0.15, 0.2) is 0 Å². The van der Waals surface area contributed by atoms with Crippen LogP contribution in [0.25, 0.3) is 0 Å². The van der Waals surface area contributed by atoms with E-state index in [4.69, 9.17) is 11.6 Å². The van der Waals surface area contributed by atoms with Crippen LogP contribution in [0.4, 0.5) is 0 Å². The van der Waals surface area contributed by atoms with Crippen molar-refractivity contribution >= 4 is 27.5 Å². The van der Waals surface area contributed by atoms with Crippen molar-refractivity contribution in [2.24, 2.45) is 0 Å². The summed E-state index contributed by atoms with van der Waals surface area (Å²) in [6, 6.07) is 7.45. The molecule has 0 aromatic heterocycles. The van der Waals surface area contributed by atoms with Gasteiger partial charge in [-0.1, -0.05) is 28.1 Å². The van der Waals surface area contributed by atoms with Gasteiger partial charge in [0.25, 0.3) is 0 Å². The fraction of sp³-hybridized carbons (Fsp3) is 0.250. The lowest BCUT2D eigenvalue weighted by Crippen LogP contribution is -1.97. The van der Waals surface area contributed by atoms with E-state index in [2.05, 4.69) is 15.9 Å². The Kier molecular flexibility index (Phi) is 3.37. The van der Waals surface area contributed by atoms with Gasteiger partial charge in [0.1, 0.15) is 0 Å². The minimum Gasteiger partial charge on any atom is -0.387 e. The minimum atomic E-state index is -0.551. The van der Waals surface area contributed by atoms with Crippen molar-refractivity contribution in [1.82, 2.24) is 0 Å². The normalized spacial score (nSPS) is 13.0. The third-order valence-electron chi connectivity index (χ3n) is 1.40. The van der Waals surface area contributed by atoms with Gasteiger partial charge in [0.05, 0.1) is 12.0 Å². The Morgan fingerprint density at radius 3 is 2.36 bits per heavy atom. The van der Waals surface area contributed by atoms with Crippen LogP contribution in [-0.4, -0.2) is 11.0 Å². The Morgan fingerprint density at radius 1 is 1.36 bits per heavy atom. The van der Waals surface area contributed by atoms with Crippen molar-refractivity contribution in [3.05, 3.63) is 34.3 Å². The summed E-state index contributed by atoms with van der Waals surface area (Å²) < 4.78 is 1.00. The molecule has 60 valence electrons. The highest BCUT2D eigenvalue weighted by molar-refractivity contribution is 9.10. The molecular formula is C8H8BrClO. The first-order valence-corrected chi connectivity index (χ1v) is 4.56. The monoisotopic (exact) mass is 234 g/mol. The molecule has 1 aromatic carbocycles. The fourth-order valence-corrected chi connectivity index (χ4v) is 1.22. The van der Waals surface area contributed by atoms with Crippen molar-refractivity contribution in [2.75, 3.05) is 5.88 Å². The van der Waals surface area contributed by atoms with E-state index in [0.29, 0.717) is 0 Å². The molecule has 0 radical (unpaired) electrons. The smallest absolute Gasteiger partial charge is 0.0925 e. The molecule has 0 fully saturated rings. The maximum absolute atomic E-state index is 9.27. The van der Waals surface area contributed by atoms with Crippen LogP contribution in [0.1, 0.15) is 11.7 Å². The molecule has 1 aromatic rings. The molecule has 1 atom stereocenters. The SMILES string of the molecule is OC(CCl)c1ccc(Br)cc1. The first-order valence-electron chi connectivity index (χ1n) is 3.23. The van der Waals surface area contributed by atoms with Crippen LogP contribution in [0.3, 0.4) is 0 Å². The van der Waals surface area contributed by atoms with E-state index in [1.165, 1.54) is 0 Å². The van der Waals surface area contributed by atoms with Gasteiger partial charge in [-0.25, -0.2) is 0 Å². The number of aliphatic hydroxyl groups is 1. The minimum absolute atomic E-state index is 0.238. The first kappa shape index (κ1) is 9.04. The van der Waals surface area contributed by atoms with Gasteiger partial charge in [-0.2, -0.15) is 0 Å². The van der Waals surface area contributed by atoms with Gasteiger partial charge in [-0.3, -0.25) is 0 Å². The van der Waals surface area contributed by atoms with Gasteiger partial charge in [0.2, 0.25) is 0 Å². The summed E-state index contributed by atoms with van der Waals surface area (Å²) in [6.45, 7) is 0. The number of benzene rings is 1. The Morgan fingerprint density at radius 2 is 1.91 bits per heavy atom. The van der Waals surface area contributed by atoms with Crippen LogP contribution in [-0.2, 0) is 0 Å². The molecule has 0 spiro atoms. The van der Waals surface area contributed by atoms with Crippen LogP contribution >= 0.6 is 27.5 Å². The van der Waals surface area contributed by atoms with Crippen LogP contribution in [0.5, 0.6) is 0 Å². The van der Waals surface area contributed by atoms with Gasteiger partial charge in [0, 0.05) is 4.47 Å². The molecule has 0 aliphatic heterocycles. The summed E-state index contributed by atoms with van der Waals surface area (Å²) in [5, 5.41) is 9.27. The zero-order valence-electron chi connectivity index (χ0n) is 5.80. The van der Waals surface area contributed by atoms with Crippen LogP contribution in [0.15, 0.2) is 28.7 Å². The number of aliphatic hydroxyl groups excluding tert-OH is 1. The molecular weight excluding hydrogens is 227 g/mol. The Labute approximate surface area is 79.1 Å². The van der Waals surface area contributed by atoms with E-state index >= 15 is 0 Å². The highest BCUT2D eigenvalue weighted by Crippen LogP contribution is 2.17. The summed E-state index contributed by atoms with van der Waals surface area (Å²) in [7, 11) is 0. The number of rotatable bonds is 2. The van der Waals surface area contributed by atoms with Gasteiger partial charge in [-0.05, 0) is 17.7 Å². The molecule has 0 amide bonds. The van der Waals surface area contributed by atoms with E-state index < -0.39 is 6.10 Å². The van der Waals surface area contributed by atoms with E-state index in [9.17, 15) is 5.11 Å². The predicted octanol–water partition coefficient (Wildman–Crippen LogP) is 2.72. The molecule has 0 heterocycles. The second kappa shape index (κ2) is 4.10. The second-order valence-electron chi connectivity index (χ2n) is 2.22. The molecule has 0 saturated carbocycles. The average molecular weight is 236 g/mol. The van der Waals surface area contributed by atoms with Crippen LogP contribution < -0.4 is 0 Å². The Balaban J connectivity index is 2.81. The largest absolute Gasteiger partial charge is 0.387 e. The van der Waals surface area contributed by atoms with Gasteiger partial charge >= 0.3 is 0 Å². The molecule has 11 heavy (non-hydrogen) atoms. The third kappa shape index (κ3) is 2.47. The molecule has 1 N–H and O–H groups in total. The number of hydrogen-bond acceptors (Lipinski definition) is 1. The third-order valence-corrected chi connectivity index (χ3v) is 2.22. The quantitative estimate of drug-likeness (QED) is 0.782. The van der Waals surface area contributed by atoms with E-state index in [-0.39, 0.29) is 5.88 Å². The lowest BCUT2D eigenvalue weighted by molar-refractivity contribution is 0.202. The highest BCUT2D eigenvalue weighted by atomic mass is 79.9. The van der Waals surface area contributed by atoms with Crippen molar-refractivity contribution in [1.29, 1.82) is 0 Å². The summed E-state index contributed by atoms with van der Waals surface area (Å²) in [4.78, 5) is 0.